The summed E-state index contributed by atoms with van der Waals surface area (Å²) in [6, 6.07) is 7.39. The van der Waals surface area contributed by atoms with Crippen LogP contribution in [0.1, 0.15) is 10.4 Å². The summed E-state index contributed by atoms with van der Waals surface area (Å²) in [5.74, 6) is 0. The van der Waals surface area contributed by atoms with Gasteiger partial charge in [0.2, 0.25) is 0 Å². The number of aldehydes is 1. The Hall–Kier alpha value is -2.03. The van der Waals surface area contributed by atoms with Gasteiger partial charge in [-0.25, -0.2) is 0 Å². The molecule has 0 aliphatic rings. The first-order valence-electron chi connectivity index (χ1n) is 4.22. The predicted octanol–water partition coefficient (Wildman–Crippen LogP) is 1.96. The summed E-state index contributed by atoms with van der Waals surface area (Å²) in [5.41, 5.74) is 2.24. The third-order valence-electron chi connectivity index (χ3n) is 1.86. The van der Waals surface area contributed by atoms with Crippen LogP contribution < -0.4 is 0 Å². The number of carbonyl (C=O) groups excluding carboxylic acids is 1. The van der Waals surface area contributed by atoms with Crippen LogP contribution in [0.25, 0.3) is 11.3 Å². The van der Waals surface area contributed by atoms with E-state index < -0.39 is 0 Å². The zero-order valence-electron chi connectivity index (χ0n) is 7.42. The molecule has 0 saturated carbocycles. The topological polar surface area (TPSA) is 42.9 Å². The van der Waals surface area contributed by atoms with Crippen LogP contribution in [0, 0.1) is 0 Å². The number of rotatable bonds is 2. The van der Waals surface area contributed by atoms with Gasteiger partial charge in [-0.05, 0) is 18.2 Å². The van der Waals surface area contributed by atoms with Crippen molar-refractivity contribution in [2.24, 2.45) is 0 Å². The van der Waals surface area contributed by atoms with Crippen molar-refractivity contribution in [1.82, 2.24) is 9.97 Å². The minimum atomic E-state index is 0.563. The van der Waals surface area contributed by atoms with Crippen LogP contribution in [-0.2, 0) is 0 Å². The van der Waals surface area contributed by atoms with Crippen LogP contribution in [-0.4, -0.2) is 16.3 Å². The zero-order chi connectivity index (χ0) is 9.80. The lowest BCUT2D eigenvalue weighted by Crippen LogP contribution is -1.87. The van der Waals surface area contributed by atoms with Crippen molar-refractivity contribution in [3.63, 3.8) is 0 Å². The van der Waals surface area contributed by atoms with Crippen LogP contribution in [0.15, 0.2) is 42.9 Å². The normalized spacial score (nSPS) is 9.71. The fourth-order valence-electron chi connectivity index (χ4n) is 1.20. The Labute approximate surface area is 81.5 Å². The van der Waals surface area contributed by atoms with E-state index in [-0.39, 0.29) is 0 Å². The lowest BCUT2D eigenvalue weighted by Gasteiger charge is -1.99. The van der Waals surface area contributed by atoms with E-state index in [1.807, 2.05) is 18.2 Å². The van der Waals surface area contributed by atoms with Gasteiger partial charge in [-0.1, -0.05) is 6.07 Å². The third kappa shape index (κ3) is 1.66. The first kappa shape index (κ1) is 8.56. The first-order valence-corrected chi connectivity index (χ1v) is 4.22. The molecule has 0 aromatic carbocycles. The van der Waals surface area contributed by atoms with Gasteiger partial charge in [-0.2, -0.15) is 0 Å². The molecular weight excluding hydrogens is 176 g/mol. The molecule has 2 aromatic heterocycles. The van der Waals surface area contributed by atoms with Gasteiger partial charge in [-0.15, -0.1) is 0 Å². The third-order valence-corrected chi connectivity index (χ3v) is 1.86. The van der Waals surface area contributed by atoms with E-state index in [4.69, 9.17) is 0 Å². The van der Waals surface area contributed by atoms with Crippen LogP contribution in [0.3, 0.4) is 0 Å². The summed E-state index contributed by atoms with van der Waals surface area (Å²) in [7, 11) is 0. The summed E-state index contributed by atoms with van der Waals surface area (Å²) in [4.78, 5) is 18.7. The SMILES string of the molecule is O=Cc1cncc(-c2ccccn2)c1. The van der Waals surface area contributed by atoms with E-state index in [0.717, 1.165) is 17.5 Å². The van der Waals surface area contributed by atoms with Gasteiger partial charge in [-0.3, -0.25) is 14.8 Å². The Morgan fingerprint density at radius 2 is 2.14 bits per heavy atom. The number of aromatic nitrogens is 2. The minimum absolute atomic E-state index is 0.563. The molecule has 3 heteroatoms. The summed E-state index contributed by atoms with van der Waals surface area (Å²) in [6.07, 6.45) is 5.71. The van der Waals surface area contributed by atoms with Crippen molar-refractivity contribution in [3.05, 3.63) is 48.4 Å². The molecule has 2 heterocycles. The van der Waals surface area contributed by atoms with Crippen molar-refractivity contribution in [3.8, 4) is 11.3 Å². The fraction of sp³-hybridized carbons (Fsp3) is 0. The van der Waals surface area contributed by atoms with Gasteiger partial charge < -0.3 is 0 Å². The quantitative estimate of drug-likeness (QED) is 0.670. The van der Waals surface area contributed by atoms with E-state index in [1.165, 1.54) is 6.20 Å². The number of nitrogens with zero attached hydrogens (tertiary/aromatic N) is 2. The smallest absolute Gasteiger partial charge is 0.151 e. The summed E-state index contributed by atoms with van der Waals surface area (Å²) in [5, 5.41) is 0. The van der Waals surface area contributed by atoms with Gasteiger partial charge in [0.05, 0.1) is 5.69 Å². The van der Waals surface area contributed by atoms with Gasteiger partial charge in [0.15, 0.2) is 6.29 Å². The van der Waals surface area contributed by atoms with Gasteiger partial charge in [0.25, 0.3) is 0 Å². The Morgan fingerprint density at radius 1 is 1.21 bits per heavy atom. The molecule has 0 fully saturated rings. The predicted molar refractivity (Wildman–Crippen MR) is 52.9 cm³/mol. The van der Waals surface area contributed by atoms with Gasteiger partial charge in [0, 0.05) is 29.7 Å². The number of hydrogen-bond donors (Lipinski definition) is 0. The maximum absolute atomic E-state index is 10.5. The monoisotopic (exact) mass is 184 g/mol. The lowest BCUT2D eigenvalue weighted by molar-refractivity contribution is 0.112. The number of pyridine rings is 2. The summed E-state index contributed by atoms with van der Waals surface area (Å²) in [6.45, 7) is 0. The van der Waals surface area contributed by atoms with Crippen molar-refractivity contribution >= 4 is 6.29 Å². The summed E-state index contributed by atoms with van der Waals surface area (Å²) < 4.78 is 0. The van der Waals surface area contributed by atoms with E-state index in [0.29, 0.717) is 5.56 Å². The second-order valence-electron chi connectivity index (χ2n) is 2.84. The van der Waals surface area contributed by atoms with E-state index >= 15 is 0 Å². The van der Waals surface area contributed by atoms with Gasteiger partial charge in [0.1, 0.15) is 0 Å². The average molecular weight is 184 g/mol. The molecule has 0 radical (unpaired) electrons. The van der Waals surface area contributed by atoms with Crippen molar-refractivity contribution < 1.29 is 4.79 Å². The zero-order valence-corrected chi connectivity index (χ0v) is 7.42. The average Bonchev–Trinajstić information content (AvgIpc) is 2.30. The molecule has 0 bridgehead atoms. The van der Waals surface area contributed by atoms with Crippen LogP contribution in [0.4, 0.5) is 0 Å². The van der Waals surface area contributed by atoms with Crippen LogP contribution in [0.5, 0.6) is 0 Å². The van der Waals surface area contributed by atoms with Crippen LogP contribution in [0.2, 0.25) is 0 Å². The van der Waals surface area contributed by atoms with Crippen molar-refractivity contribution in [1.29, 1.82) is 0 Å². The molecule has 0 N–H and O–H groups in total. The Kier molecular flexibility index (Phi) is 2.32. The fourth-order valence-corrected chi connectivity index (χ4v) is 1.20. The Morgan fingerprint density at radius 3 is 2.86 bits per heavy atom. The highest BCUT2D eigenvalue weighted by Gasteiger charge is 1.99. The molecule has 0 saturated heterocycles. The molecule has 0 spiro atoms. The molecule has 3 nitrogen and oxygen atoms in total. The molecule has 2 aromatic rings. The summed E-state index contributed by atoms with van der Waals surface area (Å²) >= 11 is 0. The first-order chi connectivity index (χ1) is 6.90. The molecule has 0 amide bonds. The number of hydrogen-bond acceptors (Lipinski definition) is 3. The van der Waals surface area contributed by atoms with E-state index in [2.05, 4.69) is 9.97 Å². The molecule has 14 heavy (non-hydrogen) atoms. The molecular formula is C11H8N2O. The van der Waals surface area contributed by atoms with Crippen LogP contribution >= 0.6 is 0 Å². The molecule has 0 aliphatic carbocycles. The Bertz CT molecular complexity index is 440. The standard InChI is InChI=1S/C11H8N2O/c14-8-9-5-10(7-12-6-9)11-3-1-2-4-13-11/h1-8H. The highest BCUT2D eigenvalue weighted by molar-refractivity contribution is 5.77. The lowest BCUT2D eigenvalue weighted by atomic mass is 10.1. The number of carbonyl (C=O) groups is 1. The second-order valence-corrected chi connectivity index (χ2v) is 2.84. The van der Waals surface area contributed by atoms with E-state index in [1.54, 1.807) is 18.5 Å². The van der Waals surface area contributed by atoms with Gasteiger partial charge >= 0.3 is 0 Å². The maximum Gasteiger partial charge on any atom is 0.151 e. The highest BCUT2D eigenvalue weighted by Crippen LogP contribution is 2.15. The maximum atomic E-state index is 10.5. The molecule has 0 unspecified atom stereocenters. The molecule has 0 aliphatic heterocycles. The largest absolute Gasteiger partial charge is 0.298 e. The second kappa shape index (κ2) is 3.79. The molecule has 2 rings (SSSR count). The Balaban J connectivity index is 2.47. The van der Waals surface area contributed by atoms with Crippen molar-refractivity contribution in [2.75, 3.05) is 0 Å². The minimum Gasteiger partial charge on any atom is -0.298 e. The molecule has 68 valence electrons. The molecule has 0 atom stereocenters. The van der Waals surface area contributed by atoms with Crippen molar-refractivity contribution in [2.45, 2.75) is 0 Å². The highest BCUT2D eigenvalue weighted by atomic mass is 16.1. The van der Waals surface area contributed by atoms with E-state index in [9.17, 15) is 4.79 Å².